The number of carbonyl (C=O) groups excluding carboxylic acids is 1. The predicted octanol–water partition coefficient (Wildman–Crippen LogP) is 5.37. The minimum Gasteiger partial charge on any atom is -0.348 e. The molecule has 148 valence electrons. The van der Waals surface area contributed by atoms with Gasteiger partial charge in [0.2, 0.25) is 0 Å². The van der Waals surface area contributed by atoms with Crippen LogP contribution in [0.15, 0.2) is 18.2 Å². The van der Waals surface area contributed by atoms with Gasteiger partial charge in [-0.25, -0.2) is 4.68 Å². The standard InChI is InChI=1S/C22H25Cl2N3O/c23-18-8-7-16(12-19(18)24)27-20-4-2-1-3-17(20)21(26-27)22(28)25-15-10-13-5-6-14(9-13)11-15/h7-8,12-15H,1-6,9-11H2,(H,25,28). The van der Waals surface area contributed by atoms with E-state index in [0.717, 1.165) is 67.3 Å². The number of nitrogens with one attached hydrogen (secondary N) is 1. The van der Waals surface area contributed by atoms with E-state index in [4.69, 9.17) is 28.3 Å². The van der Waals surface area contributed by atoms with Crippen molar-refractivity contribution in [3.05, 3.63) is 45.2 Å². The van der Waals surface area contributed by atoms with Crippen molar-refractivity contribution < 1.29 is 4.79 Å². The summed E-state index contributed by atoms with van der Waals surface area (Å²) in [5.74, 6) is 1.58. The van der Waals surface area contributed by atoms with Gasteiger partial charge in [-0.15, -0.1) is 0 Å². The largest absolute Gasteiger partial charge is 0.348 e. The number of rotatable bonds is 3. The SMILES string of the molecule is O=C(NC1CC2CCC(C2)C1)c1nn(-c2ccc(Cl)c(Cl)c2)c2c1CCCC2. The molecule has 0 spiro atoms. The molecular formula is C22H25Cl2N3O. The van der Waals surface area contributed by atoms with Gasteiger partial charge in [0.1, 0.15) is 0 Å². The Labute approximate surface area is 175 Å². The van der Waals surface area contributed by atoms with E-state index in [9.17, 15) is 4.79 Å². The molecule has 1 amide bonds. The summed E-state index contributed by atoms with van der Waals surface area (Å²) in [6.45, 7) is 0. The summed E-state index contributed by atoms with van der Waals surface area (Å²) in [4.78, 5) is 13.2. The van der Waals surface area contributed by atoms with E-state index in [2.05, 4.69) is 5.32 Å². The fourth-order valence-electron chi connectivity index (χ4n) is 5.49. The van der Waals surface area contributed by atoms with Crippen molar-refractivity contribution in [2.45, 2.75) is 63.8 Å². The van der Waals surface area contributed by atoms with E-state index >= 15 is 0 Å². The molecule has 4 nitrogen and oxygen atoms in total. The van der Waals surface area contributed by atoms with Crippen molar-refractivity contribution in [3.8, 4) is 5.69 Å². The van der Waals surface area contributed by atoms with Crippen molar-refractivity contribution >= 4 is 29.1 Å². The molecule has 1 heterocycles. The highest BCUT2D eigenvalue weighted by Gasteiger charge is 2.35. The number of aromatic nitrogens is 2. The van der Waals surface area contributed by atoms with Crippen LogP contribution in [0.3, 0.4) is 0 Å². The summed E-state index contributed by atoms with van der Waals surface area (Å²) in [6.07, 6.45) is 10.3. The molecular weight excluding hydrogens is 393 g/mol. The molecule has 28 heavy (non-hydrogen) atoms. The summed E-state index contributed by atoms with van der Waals surface area (Å²) in [5, 5.41) is 9.09. The lowest BCUT2D eigenvalue weighted by atomic mass is 9.85. The van der Waals surface area contributed by atoms with Gasteiger partial charge in [0.15, 0.2) is 5.69 Å². The number of benzene rings is 1. The molecule has 0 radical (unpaired) electrons. The maximum Gasteiger partial charge on any atom is 0.272 e. The Kier molecular flexibility index (Phi) is 4.88. The Morgan fingerprint density at radius 1 is 1.04 bits per heavy atom. The van der Waals surface area contributed by atoms with Gasteiger partial charge in [0, 0.05) is 17.3 Å². The molecule has 2 fully saturated rings. The Hall–Kier alpha value is -1.52. The summed E-state index contributed by atoms with van der Waals surface area (Å²) in [5.41, 5.74) is 3.70. The number of halogens is 2. The molecule has 0 aliphatic heterocycles. The van der Waals surface area contributed by atoms with Gasteiger partial charge in [0.05, 0.1) is 15.7 Å². The van der Waals surface area contributed by atoms with Crippen LogP contribution < -0.4 is 5.32 Å². The highest BCUT2D eigenvalue weighted by atomic mass is 35.5. The minimum atomic E-state index is -0.0109. The van der Waals surface area contributed by atoms with Gasteiger partial charge < -0.3 is 5.32 Å². The summed E-state index contributed by atoms with van der Waals surface area (Å²) in [6, 6.07) is 5.82. The molecule has 2 bridgehead atoms. The first-order valence-corrected chi connectivity index (χ1v) is 11.2. The first-order valence-electron chi connectivity index (χ1n) is 10.5. The Morgan fingerprint density at radius 2 is 1.79 bits per heavy atom. The number of nitrogens with zero attached hydrogens (tertiary/aromatic N) is 2. The maximum atomic E-state index is 13.2. The monoisotopic (exact) mass is 417 g/mol. The summed E-state index contributed by atoms with van der Waals surface area (Å²) < 4.78 is 1.90. The van der Waals surface area contributed by atoms with E-state index < -0.39 is 0 Å². The number of hydrogen-bond acceptors (Lipinski definition) is 2. The van der Waals surface area contributed by atoms with Crippen LogP contribution in [-0.2, 0) is 12.8 Å². The lowest BCUT2D eigenvalue weighted by Crippen LogP contribution is -2.39. The van der Waals surface area contributed by atoms with Crippen LogP contribution in [-0.4, -0.2) is 21.7 Å². The zero-order chi connectivity index (χ0) is 19.3. The Bertz CT molecular complexity index is 911. The average Bonchev–Trinajstić information content (AvgIpc) is 3.24. The van der Waals surface area contributed by atoms with Crippen molar-refractivity contribution in [3.63, 3.8) is 0 Å². The second kappa shape index (κ2) is 7.38. The third-order valence-corrected chi connectivity index (χ3v) is 7.50. The smallest absolute Gasteiger partial charge is 0.272 e. The molecule has 1 N–H and O–H groups in total. The molecule has 2 unspecified atom stereocenters. The van der Waals surface area contributed by atoms with E-state index in [0.29, 0.717) is 21.8 Å². The Balaban J connectivity index is 1.45. The van der Waals surface area contributed by atoms with Gasteiger partial charge in [-0.2, -0.15) is 5.10 Å². The van der Waals surface area contributed by atoms with Crippen LogP contribution in [0.25, 0.3) is 5.69 Å². The lowest BCUT2D eigenvalue weighted by molar-refractivity contribution is 0.0911. The molecule has 2 atom stereocenters. The van der Waals surface area contributed by atoms with Gasteiger partial charge in [0.25, 0.3) is 5.91 Å². The molecule has 3 aliphatic rings. The van der Waals surface area contributed by atoms with E-state index in [1.54, 1.807) is 6.07 Å². The zero-order valence-electron chi connectivity index (χ0n) is 15.9. The number of hydrogen-bond donors (Lipinski definition) is 1. The van der Waals surface area contributed by atoms with Crippen molar-refractivity contribution in [2.75, 3.05) is 0 Å². The fraction of sp³-hybridized carbons (Fsp3) is 0.545. The molecule has 5 rings (SSSR count). The third-order valence-electron chi connectivity index (χ3n) is 6.76. The molecule has 3 aliphatic carbocycles. The first-order chi connectivity index (χ1) is 13.6. The fourth-order valence-corrected chi connectivity index (χ4v) is 5.78. The van der Waals surface area contributed by atoms with Crippen LogP contribution in [0, 0.1) is 11.8 Å². The second-order valence-electron chi connectivity index (χ2n) is 8.68. The molecule has 1 aromatic heterocycles. The minimum absolute atomic E-state index is 0.0109. The van der Waals surface area contributed by atoms with Gasteiger partial charge in [-0.1, -0.05) is 36.0 Å². The highest BCUT2D eigenvalue weighted by Crippen LogP contribution is 2.42. The van der Waals surface area contributed by atoms with E-state index in [1.807, 2.05) is 16.8 Å². The quantitative estimate of drug-likeness (QED) is 0.729. The molecule has 6 heteroatoms. The van der Waals surface area contributed by atoms with Crippen molar-refractivity contribution in [1.29, 1.82) is 0 Å². The van der Waals surface area contributed by atoms with E-state index in [1.165, 1.54) is 19.3 Å². The highest BCUT2D eigenvalue weighted by molar-refractivity contribution is 6.42. The summed E-state index contributed by atoms with van der Waals surface area (Å²) in [7, 11) is 0. The zero-order valence-corrected chi connectivity index (χ0v) is 17.4. The van der Waals surface area contributed by atoms with Gasteiger partial charge in [-0.3, -0.25) is 4.79 Å². The number of amides is 1. The normalized spacial score (nSPS) is 26.1. The predicted molar refractivity (Wildman–Crippen MR) is 112 cm³/mol. The number of fused-ring (bicyclic) bond motifs is 3. The molecule has 2 saturated carbocycles. The number of carbonyl (C=O) groups is 1. The van der Waals surface area contributed by atoms with Crippen LogP contribution >= 0.6 is 23.2 Å². The molecule has 1 aromatic carbocycles. The lowest BCUT2D eigenvalue weighted by Gasteiger charge is -2.28. The molecule has 2 aromatic rings. The van der Waals surface area contributed by atoms with Crippen LogP contribution in [0.4, 0.5) is 0 Å². The average molecular weight is 418 g/mol. The van der Waals surface area contributed by atoms with E-state index in [-0.39, 0.29) is 5.91 Å². The van der Waals surface area contributed by atoms with Crippen LogP contribution in [0.5, 0.6) is 0 Å². The van der Waals surface area contributed by atoms with Gasteiger partial charge in [-0.05, 0) is 75.0 Å². The second-order valence-corrected chi connectivity index (χ2v) is 9.49. The summed E-state index contributed by atoms with van der Waals surface area (Å²) >= 11 is 12.3. The first kappa shape index (κ1) is 18.5. The maximum absolute atomic E-state index is 13.2. The van der Waals surface area contributed by atoms with Crippen molar-refractivity contribution in [2.24, 2.45) is 11.8 Å². The molecule has 0 saturated heterocycles. The van der Waals surface area contributed by atoms with Crippen molar-refractivity contribution in [1.82, 2.24) is 15.1 Å². The Morgan fingerprint density at radius 3 is 2.54 bits per heavy atom. The van der Waals surface area contributed by atoms with Crippen LogP contribution in [0.1, 0.15) is 66.7 Å². The topological polar surface area (TPSA) is 46.9 Å². The third kappa shape index (κ3) is 3.35. The van der Waals surface area contributed by atoms with Gasteiger partial charge >= 0.3 is 0 Å². The van der Waals surface area contributed by atoms with Crippen LogP contribution in [0.2, 0.25) is 10.0 Å².